The third-order valence-electron chi connectivity index (χ3n) is 4.51. The van der Waals surface area contributed by atoms with E-state index in [4.69, 9.17) is 4.74 Å². The summed E-state index contributed by atoms with van der Waals surface area (Å²) in [5.74, 6) is 0.00495. The SMILES string of the molecule is Cc1ccc(C)c([C@@H](O)[C@@H]2CCC(=O)N2CCNC(=O)OC(C)(C)C)c1. The number of benzene rings is 1. The number of carbonyl (C=O) groups is 2. The fraction of sp³-hybridized carbons (Fsp3) is 0.600. The number of nitrogens with one attached hydrogen (secondary N) is 1. The molecule has 2 amide bonds. The van der Waals surface area contributed by atoms with Gasteiger partial charge in [0.05, 0.1) is 12.1 Å². The van der Waals surface area contributed by atoms with Crippen LogP contribution < -0.4 is 5.32 Å². The average molecular weight is 362 g/mol. The summed E-state index contributed by atoms with van der Waals surface area (Å²) in [5, 5.41) is 13.5. The number of alkyl carbamates (subject to hydrolysis) is 1. The molecule has 0 radical (unpaired) electrons. The lowest BCUT2D eigenvalue weighted by molar-refractivity contribution is -0.130. The fourth-order valence-corrected chi connectivity index (χ4v) is 3.25. The molecule has 1 aliphatic heterocycles. The molecule has 144 valence electrons. The number of nitrogens with zero attached hydrogens (tertiary/aromatic N) is 1. The minimum absolute atomic E-state index is 0.00495. The normalized spacial score (nSPS) is 18.8. The van der Waals surface area contributed by atoms with Gasteiger partial charge in [0.15, 0.2) is 0 Å². The van der Waals surface area contributed by atoms with E-state index in [0.717, 1.165) is 16.7 Å². The molecular formula is C20H30N2O4. The van der Waals surface area contributed by atoms with Crippen molar-refractivity contribution < 1.29 is 19.4 Å². The zero-order valence-electron chi connectivity index (χ0n) is 16.3. The number of rotatable bonds is 5. The van der Waals surface area contributed by atoms with E-state index in [-0.39, 0.29) is 18.5 Å². The van der Waals surface area contributed by atoms with Gasteiger partial charge in [-0.2, -0.15) is 0 Å². The molecule has 0 unspecified atom stereocenters. The Bertz CT molecular complexity index is 666. The van der Waals surface area contributed by atoms with Crippen LogP contribution in [-0.2, 0) is 9.53 Å². The zero-order chi connectivity index (χ0) is 19.5. The van der Waals surface area contributed by atoms with Gasteiger partial charge in [-0.3, -0.25) is 4.79 Å². The summed E-state index contributed by atoms with van der Waals surface area (Å²) in [6.45, 7) is 9.98. The third kappa shape index (κ3) is 5.21. The van der Waals surface area contributed by atoms with Crippen molar-refractivity contribution in [3.63, 3.8) is 0 Å². The van der Waals surface area contributed by atoms with Crippen LogP contribution in [0.2, 0.25) is 0 Å². The van der Waals surface area contributed by atoms with Crippen molar-refractivity contribution in [3.8, 4) is 0 Å². The van der Waals surface area contributed by atoms with Gasteiger partial charge in [-0.1, -0.05) is 23.8 Å². The lowest BCUT2D eigenvalue weighted by Gasteiger charge is -2.30. The van der Waals surface area contributed by atoms with Gasteiger partial charge in [0.25, 0.3) is 0 Å². The van der Waals surface area contributed by atoms with E-state index < -0.39 is 17.8 Å². The van der Waals surface area contributed by atoms with Gasteiger partial charge in [0.1, 0.15) is 5.60 Å². The Kier molecular flexibility index (Phi) is 6.29. The number of hydrogen-bond donors (Lipinski definition) is 2. The van der Waals surface area contributed by atoms with E-state index in [1.165, 1.54) is 0 Å². The smallest absolute Gasteiger partial charge is 0.407 e. The minimum Gasteiger partial charge on any atom is -0.444 e. The highest BCUT2D eigenvalue weighted by Crippen LogP contribution is 2.31. The number of carbonyl (C=O) groups excluding carboxylic acids is 2. The summed E-state index contributed by atoms with van der Waals surface area (Å²) in [5.41, 5.74) is 2.38. The quantitative estimate of drug-likeness (QED) is 0.844. The van der Waals surface area contributed by atoms with Crippen molar-refractivity contribution in [3.05, 3.63) is 34.9 Å². The van der Waals surface area contributed by atoms with Gasteiger partial charge in [-0.05, 0) is 52.2 Å². The second-order valence-corrected chi connectivity index (χ2v) is 7.93. The summed E-state index contributed by atoms with van der Waals surface area (Å²) in [4.78, 5) is 25.7. The number of hydrogen-bond acceptors (Lipinski definition) is 4. The molecule has 6 heteroatoms. The first kappa shape index (κ1) is 20.2. The second kappa shape index (κ2) is 8.08. The van der Waals surface area contributed by atoms with Crippen molar-refractivity contribution in [2.75, 3.05) is 13.1 Å². The molecule has 0 spiro atoms. The van der Waals surface area contributed by atoms with E-state index in [1.54, 1.807) is 25.7 Å². The van der Waals surface area contributed by atoms with Crippen LogP contribution in [0.25, 0.3) is 0 Å². The van der Waals surface area contributed by atoms with Crippen molar-refractivity contribution in [2.45, 2.75) is 65.2 Å². The molecular weight excluding hydrogens is 332 g/mol. The first-order valence-electron chi connectivity index (χ1n) is 9.10. The van der Waals surface area contributed by atoms with Crippen LogP contribution in [0.4, 0.5) is 4.79 Å². The van der Waals surface area contributed by atoms with E-state index >= 15 is 0 Å². The molecule has 0 bridgehead atoms. The van der Waals surface area contributed by atoms with Crippen LogP contribution in [0.3, 0.4) is 0 Å². The van der Waals surface area contributed by atoms with Crippen LogP contribution in [0.5, 0.6) is 0 Å². The molecule has 0 aliphatic carbocycles. The van der Waals surface area contributed by atoms with Crippen molar-refractivity contribution in [2.24, 2.45) is 0 Å². The van der Waals surface area contributed by atoms with Gasteiger partial charge < -0.3 is 20.1 Å². The Morgan fingerprint density at radius 2 is 2.08 bits per heavy atom. The highest BCUT2D eigenvalue weighted by atomic mass is 16.6. The highest BCUT2D eigenvalue weighted by molar-refractivity contribution is 5.79. The Morgan fingerprint density at radius 1 is 1.38 bits per heavy atom. The molecule has 6 nitrogen and oxygen atoms in total. The number of ether oxygens (including phenoxy) is 1. The maximum absolute atomic E-state index is 12.2. The molecule has 2 atom stereocenters. The van der Waals surface area contributed by atoms with Crippen LogP contribution in [0, 0.1) is 13.8 Å². The molecule has 2 rings (SSSR count). The predicted molar refractivity (Wildman–Crippen MR) is 99.8 cm³/mol. The van der Waals surface area contributed by atoms with Gasteiger partial charge in [-0.15, -0.1) is 0 Å². The fourth-order valence-electron chi connectivity index (χ4n) is 3.25. The summed E-state index contributed by atoms with van der Waals surface area (Å²) in [7, 11) is 0. The van der Waals surface area contributed by atoms with E-state index in [1.807, 2.05) is 32.0 Å². The minimum atomic E-state index is -0.733. The maximum Gasteiger partial charge on any atom is 0.407 e. The monoisotopic (exact) mass is 362 g/mol. The Labute approximate surface area is 155 Å². The first-order chi connectivity index (χ1) is 12.1. The molecule has 26 heavy (non-hydrogen) atoms. The molecule has 1 aromatic carbocycles. The summed E-state index contributed by atoms with van der Waals surface area (Å²) in [6, 6.07) is 5.69. The molecule has 1 heterocycles. The van der Waals surface area contributed by atoms with Crippen LogP contribution in [0.15, 0.2) is 18.2 Å². The number of aliphatic hydroxyl groups is 1. The Hall–Kier alpha value is -2.08. The maximum atomic E-state index is 12.2. The van der Waals surface area contributed by atoms with Crippen molar-refractivity contribution in [1.29, 1.82) is 0 Å². The molecule has 0 aromatic heterocycles. The molecule has 0 saturated carbocycles. The number of amides is 2. The first-order valence-corrected chi connectivity index (χ1v) is 9.10. The zero-order valence-corrected chi connectivity index (χ0v) is 16.3. The van der Waals surface area contributed by atoms with Gasteiger partial charge in [-0.25, -0.2) is 4.79 Å². The molecule has 2 N–H and O–H groups in total. The molecule has 1 saturated heterocycles. The summed E-state index contributed by atoms with van der Waals surface area (Å²) >= 11 is 0. The Balaban J connectivity index is 1.99. The Morgan fingerprint density at radius 3 is 2.73 bits per heavy atom. The molecule has 1 fully saturated rings. The summed E-state index contributed by atoms with van der Waals surface area (Å²) < 4.78 is 5.20. The number of likely N-dealkylation sites (tertiary alicyclic amines) is 1. The van der Waals surface area contributed by atoms with Crippen molar-refractivity contribution >= 4 is 12.0 Å². The molecule has 1 aliphatic rings. The predicted octanol–water partition coefficient (Wildman–Crippen LogP) is 2.85. The molecule has 1 aromatic rings. The lowest BCUT2D eigenvalue weighted by atomic mass is 9.95. The lowest BCUT2D eigenvalue weighted by Crippen LogP contribution is -2.43. The number of aliphatic hydroxyl groups excluding tert-OH is 1. The van der Waals surface area contributed by atoms with Gasteiger partial charge in [0, 0.05) is 19.5 Å². The van der Waals surface area contributed by atoms with E-state index in [2.05, 4.69) is 5.32 Å². The van der Waals surface area contributed by atoms with Gasteiger partial charge >= 0.3 is 6.09 Å². The average Bonchev–Trinajstić information content (AvgIpc) is 2.88. The largest absolute Gasteiger partial charge is 0.444 e. The standard InChI is InChI=1S/C20H30N2O4/c1-13-6-7-14(2)15(12-13)18(24)16-8-9-17(23)22(16)11-10-21-19(25)26-20(3,4)5/h6-7,12,16,18,24H,8-11H2,1-5H3,(H,21,25)/t16-,18+/m0/s1. The summed E-state index contributed by atoms with van der Waals surface area (Å²) in [6.07, 6.45) is -0.211. The van der Waals surface area contributed by atoms with Crippen LogP contribution >= 0.6 is 0 Å². The van der Waals surface area contributed by atoms with E-state index in [0.29, 0.717) is 19.4 Å². The van der Waals surface area contributed by atoms with Crippen LogP contribution in [-0.4, -0.2) is 46.7 Å². The topological polar surface area (TPSA) is 78.9 Å². The van der Waals surface area contributed by atoms with Crippen molar-refractivity contribution in [1.82, 2.24) is 10.2 Å². The third-order valence-corrected chi connectivity index (χ3v) is 4.51. The second-order valence-electron chi connectivity index (χ2n) is 7.93. The van der Waals surface area contributed by atoms with Gasteiger partial charge in [0.2, 0.25) is 5.91 Å². The number of aryl methyl sites for hydroxylation is 2. The van der Waals surface area contributed by atoms with Crippen LogP contribution in [0.1, 0.15) is 56.4 Å². The van der Waals surface area contributed by atoms with E-state index in [9.17, 15) is 14.7 Å². The highest BCUT2D eigenvalue weighted by Gasteiger charge is 2.36.